The predicted molar refractivity (Wildman–Crippen MR) is 128 cm³/mol. The van der Waals surface area contributed by atoms with E-state index in [0.29, 0.717) is 0 Å². The van der Waals surface area contributed by atoms with Crippen molar-refractivity contribution in [1.82, 2.24) is 0 Å². The van der Waals surface area contributed by atoms with Crippen LogP contribution in [0.2, 0.25) is 0 Å². The molecule has 0 atom stereocenters. The van der Waals surface area contributed by atoms with Gasteiger partial charge < -0.3 is 0 Å². The Labute approximate surface area is 176 Å². The maximum absolute atomic E-state index is 4.19. The van der Waals surface area contributed by atoms with Gasteiger partial charge in [-0.15, -0.1) is 0 Å². The molecular formula is C29H30. The molecule has 29 heavy (non-hydrogen) atoms. The number of rotatable bonds is 6. The fourth-order valence-corrected chi connectivity index (χ4v) is 4.10. The van der Waals surface area contributed by atoms with Gasteiger partial charge in [-0.1, -0.05) is 97.6 Å². The van der Waals surface area contributed by atoms with Crippen LogP contribution in [-0.4, -0.2) is 0 Å². The third kappa shape index (κ3) is 4.49. The number of hydrogen-bond donors (Lipinski definition) is 0. The van der Waals surface area contributed by atoms with E-state index in [4.69, 9.17) is 0 Å². The monoisotopic (exact) mass is 378 g/mol. The SMILES string of the molecule is C=C/C(C1=CCCC=C1c1ccccc1)=C(C)/C(=C/C)C(=C\C)/c1ccccc1. The van der Waals surface area contributed by atoms with Crippen LogP contribution in [0.1, 0.15) is 44.7 Å². The molecule has 0 fully saturated rings. The standard InChI is InChI=1S/C29H30/c1-5-25(27(7-3)23-16-10-8-11-17-23)22(4)26(6-2)29-21-15-14-20-28(29)24-18-12-9-13-19-24/h5-13,16-21H,2,14-15H2,1,3-4H3/b25-5-,26-22-,27-7-. The van der Waals surface area contributed by atoms with Crippen molar-refractivity contribution in [1.29, 1.82) is 0 Å². The zero-order valence-electron chi connectivity index (χ0n) is 17.8. The fourth-order valence-electron chi connectivity index (χ4n) is 4.10. The lowest BCUT2D eigenvalue weighted by molar-refractivity contribution is 1.02. The molecule has 0 aliphatic heterocycles. The largest absolute Gasteiger partial charge is 0.0984 e. The van der Waals surface area contributed by atoms with Crippen LogP contribution in [0.15, 0.2) is 120 Å². The molecule has 146 valence electrons. The van der Waals surface area contributed by atoms with Crippen LogP contribution in [0.3, 0.4) is 0 Å². The second kappa shape index (κ2) is 9.89. The first kappa shape index (κ1) is 20.6. The van der Waals surface area contributed by atoms with E-state index in [1.54, 1.807) is 0 Å². The zero-order valence-corrected chi connectivity index (χ0v) is 17.8. The van der Waals surface area contributed by atoms with Gasteiger partial charge in [0.1, 0.15) is 0 Å². The highest BCUT2D eigenvalue weighted by Gasteiger charge is 2.18. The molecular weight excluding hydrogens is 348 g/mol. The quantitative estimate of drug-likeness (QED) is 0.443. The first-order valence-corrected chi connectivity index (χ1v) is 10.4. The van der Waals surface area contributed by atoms with E-state index < -0.39 is 0 Å². The molecule has 0 unspecified atom stereocenters. The van der Waals surface area contributed by atoms with Crippen molar-refractivity contribution in [3.63, 3.8) is 0 Å². The van der Waals surface area contributed by atoms with Gasteiger partial charge in [0.05, 0.1) is 0 Å². The Morgan fingerprint density at radius 1 is 0.828 bits per heavy atom. The van der Waals surface area contributed by atoms with Crippen LogP contribution in [0.25, 0.3) is 11.1 Å². The van der Waals surface area contributed by atoms with Crippen molar-refractivity contribution in [2.24, 2.45) is 0 Å². The summed E-state index contributed by atoms with van der Waals surface area (Å²) < 4.78 is 0. The lowest BCUT2D eigenvalue weighted by Crippen LogP contribution is -2.02. The van der Waals surface area contributed by atoms with Crippen LogP contribution in [0, 0.1) is 0 Å². The van der Waals surface area contributed by atoms with Crippen molar-refractivity contribution in [2.45, 2.75) is 33.6 Å². The molecule has 0 aromatic heterocycles. The molecule has 2 aromatic carbocycles. The Hall–Kier alpha value is -3.12. The summed E-state index contributed by atoms with van der Waals surface area (Å²) in [6, 6.07) is 21.3. The first-order valence-electron chi connectivity index (χ1n) is 10.4. The van der Waals surface area contributed by atoms with E-state index in [1.165, 1.54) is 44.6 Å². The zero-order chi connectivity index (χ0) is 20.6. The summed E-state index contributed by atoms with van der Waals surface area (Å²) in [7, 11) is 0. The molecule has 1 aliphatic rings. The third-order valence-corrected chi connectivity index (χ3v) is 5.49. The topological polar surface area (TPSA) is 0 Å². The maximum atomic E-state index is 4.19. The van der Waals surface area contributed by atoms with Crippen LogP contribution < -0.4 is 0 Å². The van der Waals surface area contributed by atoms with Gasteiger partial charge in [-0.25, -0.2) is 0 Å². The second-order valence-electron chi connectivity index (χ2n) is 7.19. The van der Waals surface area contributed by atoms with Crippen LogP contribution in [0.4, 0.5) is 0 Å². The summed E-state index contributed by atoms with van der Waals surface area (Å²) >= 11 is 0. The predicted octanol–water partition coefficient (Wildman–Crippen LogP) is 8.34. The Balaban J connectivity index is 2.10. The van der Waals surface area contributed by atoms with Crippen molar-refractivity contribution in [3.8, 4) is 0 Å². The van der Waals surface area contributed by atoms with Crippen molar-refractivity contribution in [3.05, 3.63) is 131 Å². The van der Waals surface area contributed by atoms with Gasteiger partial charge in [0.2, 0.25) is 0 Å². The minimum absolute atomic E-state index is 1.07. The fraction of sp³-hybridized carbons (Fsp3) is 0.172. The second-order valence-corrected chi connectivity index (χ2v) is 7.19. The van der Waals surface area contributed by atoms with Gasteiger partial charge in [-0.05, 0) is 78.2 Å². The Morgan fingerprint density at radius 2 is 1.45 bits per heavy atom. The van der Waals surface area contributed by atoms with Crippen molar-refractivity contribution in [2.75, 3.05) is 0 Å². The van der Waals surface area contributed by atoms with E-state index in [1.807, 2.05) is 6.08 Å². The molecule has 0 nitrogen and oxygen atoms in total. The van der Waals surface area contributed by atoms with Gasteiger partial charge in [-0.2, -0.15) is 0 Å². The summed E-state index contributed by atoms with van der Waals surface area (Å²) in [5.41, 5.74) is 10.1. The molecule has 0 bridgehead atoms. The summed E-state index contributed by atoms with van der Waals surface area (Å²) in [6.45, 7) is 10.6. The minimum atomic E-state index is 1.07. The number of hydrogen-bond acceptors (Lipinski definition) is 0. The normalized spacial score (nSPS) is 16.0. The van der Waals surface area contributed by atoms with E-state index in [0.717, 1.165) is 12.8 Å². The highest BCUT2D eigenvalue weighted by molar-refractivity contribution is 5.89. The Morgan fingerprint density at radius 3 is 2.03 bits per heavy atom. The van der Waals surface area contributed by atoms with E-state index in [9.17, 15) is 0 Å². The number of benzene rings is 2. The molecule has 0 amide bonds. The highest BCUT2D eigenvalue weighted by atomic mass is 14.2. The van der Waals surface area contributed by atoms with Gasteiger partial charge >= 0.3 is 0 Å². The average Bonchev–Trinajstić information content (AvgIpc) is 2.79. The lowest BCUT2D eigenvalue weighted by Gasteiger charge is -2.22. The summed E-state index contributed by atoms with van der Waals surface area (Å²) in [6.07, 6.45) is 13.3. The molecule has 3 rings (SSSR count). The minimum Gasteiger partial charge on any atom is -0.0984 e. The molecule has 0 heterocycles. The molecule has 0 saturated heterocycles. The molecule has 1 aliphatic carbocycles. The van der Waals surface area contributed by atoms with E-state index in [-0.39, 0.29) is 0 Å². The van der Waals surface area contributed by atoms with Gasteiger partial charge in [-0.3, -0.25) is 0 Å². The third-order valence-electron chi connectivity index (χ3n) is 5.49. The smallest absolute Gasteiger partial charge is 0.0146 e. The first-order chi connectivity index (χ1) is 14.2. The summed E-state index contributed by atoms with van der Waals surface area (Å²) in [5, 5.41) is 0. The van der Waals surface area contributed by atoms with Crippen molar-refractivity contribution < 1.29 is 0 Å². The maximum Gasteiger partial charge on any atom is -0.0146 e. The summed E-state index contributed by atoms with van der Waals surface area (Å²) in [5.74, 6) is 0. The molecule has 0 heteroatoms. The van der Waals surface area contributed by atoms with Crippen LogP contribution in [0.5, 0.6) is 0 Å². The van der Waals surface area contributed by atoms with Crippen molar-refractivity contribution >= 4 is 11.1 Å². The summed E-state index contributed by atoms with van der Waals surface area (Å²) in [4.78, 5) is 0. The van der Waals surface area contributed by atoms with Crippen LogP contribution in [-0.2, 0) is 0 Å². The molecule has 2 aromatic rings. The van der Waals surface area contributed by atoms with E-state index in [2.05, 4.69) is 112 Å². The molecule has 0 radical (unpaired) electrons. The molecule has 0 saturated carbocycles. The van der Waals surface area contributed by atoms with Crippen LogP contribution >= 0.6 is 0 Å². The van der Waals surface area contributed by atoms with Gasteiger partial charge in [0.25, 0.3) is 0 Å². The van der Waals surface area contributed by atoms with Gasteiger partial charge in [0, 0.05) is 0 Å². The average molecular weight is 379 g/mol. The Bertz CT molecular complexity index is 1010. The van der Waals surface area contributed by atoms with Gasteiger partial charge in [0.15, 0.2) is 0 Å². The van der Waals surface area contributed by atoms with E-state index >= 15 is 0 Å². The molecule has 0 N–H and O–H groups in total. The highest BCUT2D eigenvalue weighted by Crippen LogP contribution is 2.38. The number of allylic oxidation sites excluding steroid dienone is 11. The lowest BCUT2D eigenvalue weighted by atomic mass is 9.82. The molecule has 0 spiro atoms. The Kier molecular flexibility index (Phi) is 7.03.